The lowest BCUT2D eigenvalue weighted by Gasteiger charge is -2.40. The third-order valence-corrected chi connectivity index (χ3v) is 5.33. The Morgan fingerprint density at radius 2 is 1.94 bits per heavy atom. The number of benzene rings is 1. The first-order chi connectivity index (χ1) is 8.49. The van der Waals surface area contributed by atoms with Crippen LogP contribution in [0, 0.1) is 5.92 Å². The van der Waals surface area contributed by atoms with Crippen molar-refractivity contribution < 1.29 is 0 Å². The van der Waals surface area contributed by atoms with Crippen LogP contribution in [0.15, 0.2) is 22.7 Å². The van der Waals surface area contributed by atoms with Crippen LogP contribution in [0.2, 0.25) is 0 Å². The molecule has 0 spiro atoms. The lowest BCUT2D eigenvalue weighted by molar-refractivity contribution is 0.308. The van der Waals surface area contributed by atoms with Crippen molar-refractivity contribution >= 4 is 15.9 Å². The second-order valence-corrected chi connectivity index (χ2v) is 7.25. The van der Waals surface area contributed by atoms with Gasteiger partial charge in [0.15, 0.2) is 0 Å². The Morgan fingerprint density at radius 3 is 2.56 bits per heavy atom. The number of hydrogen-bond donors (Lipinski definition) is 0. The minimum Gasteiger partial charge on any atom is -0.0651 e. The highest BCUT2D eigenvalue weighted by atomic mass is 79.9. The molecular formula is C17H25Br. The predicted molar refractivity (Wildman–Crippen MR) is 83.2 cm³/mol. The maximum absolute atomic E-state index is 3.65. The van der Waals surface area contributed by atoms with Crippen molar-refractivity contribution in [3.63, 3.8) is 0 Å². The van der Waals surface area contributed by atoms with Gasteiger partial charge in [-0.05, 0) is 53.4 Å². The SMILES string of the molecule is CCC(CC)C1CCC(C)(C)c2ccc(Br)cc21. The van der Waals surface area contributed by atoms with E-state index in [1.54, 1.807) is 11.1 Å². The molecule has 1 aromatic rings. The molecule has 1 atom stereocenters. The standard InChI is InChI=1S/C17H25Br/c1-5-12(6-2)14-9-10-17(3,4)16-8-7-13(18)11-15(14)16/h7-8,11-12,14H,5-6,9-10H2,1-4H3. The topological polar surface area (TPSA) is 0 Å². The van der Waals surface area contributed by atoms with Crippen molar-refractivity contribution in [3.05, 3.63) is 33.8 Å². The monoisotopic (exact) mass is 308 g/mol. The fourth-order valence-electron chi connectivity index (χ4n) is 3.61. The van der Waals surface area contributed by atoms with Crippen molar-refractivity contribution in [3.8, 4) is 0 Å². The van der Waals surface area contributed by atoms with Crippen LogP contribution in [-0.4, -0.2) is 0 Å². The summed E-state index contributed by atoms with van der Waals surface area (Å²) in [6.07, 6.45) is 5.27. The van der Waals surface area contributed by atoms with Crippen LogP contribution in [0.4, 0.5) is 0 Å². The summed E-state index contributed by atoms with van der Waals surface area (Å²) in [6, 6.07) is 6.92. The van der Waals surface area contributed by atoms with Gasteiger partial charge in [-0.3, -0.25) is 0 Å². The summed E-state index contributed by atoms with van der Waals surface area (Å²) in [5, 5.41) is 0. The van der Waals surface area contributed by atoms with Gasteiger partial charge in [0.1, 0.15) is 0 Å². The lowest BCUT2D eigenvalue weighted by atomic mass is 9.65. The quantitative estimate of drug-likeness (QED) is 0.638. The van der Waals surface area contributed by atoms with Gasteiger partial charge in [-0.1, -0.05) is 62.5 Å². The van der Waals surface area contributed by atoms with Crippen LogP contribution in [0.1, 0.15) is 70.4 Å². The molecule has 0 saturated heterocycles. The fourth-order valence-corrected chi connectivity index (χ4v) is 3.99. The summed E-state index contributed by atoms with van der Waals surface area (Å²) in [4.78, 5) is 0. The molecule has 0 bridgehead atoms. The molecule has 0 amide bonds. The van der Waals surface area contributed by atoms with E-state index < -0.39 is 0 Å². The molecule has 18 heavy (non-hydrogen) atoms. The molecule has 100 valence electrons. The average Bonchev–Trinajstić information content (AvgIpc) is 2.33. The van der Waals surface area contributed by atoms with Gasteiger partial charge in [0.25, 0.3) is 0 Å². The van der Waals surface area contributed by atoms with E-state index in [1.807, 2.05) is 0 Å². The van der Waals surface area contributed by atoms with E-state index in [4.69, 9.17) is 0 Å². The number of hydrogen-bond acceptors (Lipinski definition) is 0. The Labute approximate surface area is 120 Å². The first kappa shape index (κ1) is 14.1. The highest BCUT2D eigenvalue weighted by molar-refractivity contribution is 9.10. The van der Waals surface area contributed by atoms with Crippen molar-refractivity contribution in [1.82, 2.24) is 0 Å². The highest BCUT2D eigenvalue weighted by Crippen LogP contribution is 2.47. The number of halogens is 1. The maximum atomic E-state index is 3.65. The van der Waals surface area contributed by atoms with E-state index in [-0.39, 0.29) is 0 Å². The normalized spacial score (nSPS) is 22.0. The Morgan fingerprint density at radius 1 is 1.28 bits per heavy atom. The van der Waals surface area contributed by atoms with Crippen molar-refractivity contribution in [2.24, 2.45) is 5.92 Å². The minimum absolute atomic E-state index is 0.346. The van der Waals surface area contributed by atoms with E-state index in [0.717, 1.165) is 11.8 Å². The Bertz CT molecular complexity index is 416. The first-order valence-electron chi connectivity index (χ1n) is 7.29. The molecule has 0 heterocycles. The van der Waals surface area contributed by atoms with Gasteiger partial charge in [-0.2, -0.15) is 0 Å². The maximum Gasteiger partial charge on any atom is 0.0178 e. The highest BCUT2D eigenvalue weighted by Gasteiger charge is 2.35. The predicted octanol–water partition coefficient (Wildman–Crippen LogP) is 6.04. The van der Waals surface area contributed by atoms with Crippen molar-refractivity contribution in [2.45, 2.75) is 64.7 Å². The van der Waals surface area contributed by atoms with Gasteiger partial charge in [0.2, 0.25) is 0 Å². The third-order valence-electron chi connectivity index (χ3n) is 4.84. The molecule has 1 heteroatoms. The zero-order valence-electron chi connectivity index (χ0n) is 12.1. The van der Waals surface area contributed by atoms with E-state index >= 15 is 0 Å². The molecular weight excluding hydrogens is 284 g/mol. The van der Waals surface area contributed by atoms with Crippen LogP contribution in [0.25, 0.3) is 0 Å². The number of fused-ring (bicyclic) bond motifs is 1. The summed E-state index contributed by atoms with van der Waals surface area (Å²) >= 11 is 3.65. The van der Waals surface area contributed by atoms with E-state index in [2.05, 4.69) is 61.8 Å². The summed E-state index contributed by atoms with van der Waals surface area (Å²) in [6.45, 7) is 9.46. The minimum atomic E-state index is 0.346. The first-order valence-corrected chi connectivity index (χ1v) is 8.08. The summed E-state index contributed by atoms with van der Waals surface area (Å²) < 4.78 is 1.23. The Balaban J connectivity index is 2.47. The fraction of sp³-hybridized carbons (Fsp3) is 0.647. The van der Waals surface area contributed by atoms with Gasteiger partial charge in [0.05, 0.1) is 0 Å². The molecule has 0 aromatic heterocycles. The summed E-state index contributed by atoms with van der Waals surface area (Å²) in [5.74, 6) is 1.61. The van der Waals surface area contributed by atoms with Crippen LogP contribution in [0.5, 0.6) is 0 Å². The van der Waals surface area contributed by atoms with E-state index in [1.165, 1.54) is 30.2 Å². The second kappa shape index (κ2) is 5.36. The average molecular weight is 309 g/mol. The van der Waals surface area contributed by atoms with Crippen LogP contribution < -0.4 is 0 Å². The molecule has 0 saturated carbocycles. The van der Waals surface area contributed by atoms with Gasteiger partial charge < -0.3 is 0 Å². The van der Waals surface area contributed by atoms with Crippen molar-refractivity contribution in [2.75, 3.05) is 0 Å². The molecule has 0 nitrogen and oxygen atoms in total. The third kappa shape index (κ3) is 2.52. The van der Waals surface area contributed by atoms with Gasteiger partial charge in [-0.25, -0.2) is 0 Å². The molecule has 0 aliphatic heterocycles. The smallest absolute Gasteiger partial charge is 0.0178 e. The molecule has 0 N–H and O–H groups in total. The van der Waals surface area contributed by atoms with Gasteiger partial charge in [0, 0.05) is 4.47 Å². The molecule has 1 aliphatic carbocycles. The van der Waals surface area contributed by atoms with Crippen LogP contribution in [-0.2, 0) is 5.41 Å². The van der Waals surface area contributed by atoms with Crippen LogP contribution >= 0.6 is 15.9 Å². The molecule has 0 radical (unpaired) electrons. The summed E-state index contributed by atoms with van der Waals surface area (Å²) in [7, 11) is 0. The van der Waals surface area contributed by atoms with Crippen molar-refractivity contribution in [1.29, 1.82) is 0 Å². The molecule has 1 aromatic carbocycles. The van der Waals surface area contributed by atoms with E-state index in [9.17, 15) is 0 Å². The Hall–Kier alpha value is -0.300. The second-order valence-electron chi connectivity index (χ2n) is 6.34. The molecule has 0 fully saturated rings. The summed E-state index contributed by atoms with van der Waals surface area (Å²) in [5.41, 5.74) is 3.53. The molecule has 2 rings (SSSR count). The van der Waals surface area contributed by atoms with Gasteiger partial charge >= 0.3 is 0 Å². The zero-order valence-corrected chi connectivity index (χ0v) is 13.7. The van der Waals surface area contributed by atoms with E-state index in [0.29, 0.717) is 5.41 Å². The Kier molecular flexibility index (Phi) is 4.21. The zero-order chi connectivity index (χ0) is 13.3. The van der Waals surface area contributed by atoms with Gasteiger partial charge in [-0.15, -0.1) is 0 Å². The number of rotatable bonds is 3. The lowest BCUT2D eigenvalue weighted by Crippen LogP contribution is -2.29. The molecule has 1 unspecified atom stereocenters. The largest absolute Gasteiger partial charge is 0.0651 e. The molecule has 1 aliphatic rings. The van der Waals surface area contributed by atoms with Crippen LogP contribution in [0.3, 0.4) is 0 Å².